The first kappa shape index (κ1) is 22.8. The van der Waals surface area contributed by atoms with Crippen LogP contribution >= 0.6 is 0 Å². The Bertz CT molecular complexity index is 1210. The van der Waals surface area contributed by atoms with Crippen LogP contribution in [-0.2, 0) is 19.3 Å². The first-order chi connectivity index (χ1) is 15.7. The van der Waals surface area contributed by atoms with E-state index in [0.29, 0.717) is 28.2 Å². The van der Waals surface area contributed by atoms with E-state index < -0.39 is 11.7 Å². The topological polar surface area (TPSA) is 80.8 Å². The molecule has 5 nitrogen and oxygen atoms in total. The van der Waals surface area contributed by atoms with Gasteiger partial charge in [0.05, 0.1) is 5.56 Å². The van der Waals surface area contributed by atoms with Crippen LogP contribution in [0.25, 0.3) is 0 Å². The average Bonchev–Trinajstić information content (AvgIpc) is 3.61. The van der Waals surface area contributed by atoms with Crippen molar-refractivity contribution in [3.63, 3.8) is 0 Å². The fourth-order valence-electron chi connectivity index (χ4n) is 3.64. The van der Waals surface area contributed by atoms with Crippen LogP contribution in [-0.4, -0.2) is 10.7 Å². The zero-order chi connectivity index (χ0) is 23.6. The molecule has 0 amide bonds. The molecule has 1 aliphatic carbocycles. The number of pyridine rings is 1. The van der Waals surface area contributed by atoms with Crippen LogP contribution in [0.4, 0.5) is 24.7 Å². The van der Waals surface area contributed by atoms with E-state index in [1.54, 1.807) is 13.0 Å². The van der Waals surface area contributed by atoms with Gasteiger partial charge < -0.3 is 21.0 Å². The summed E-state index contributed by atoms with van der Waals surface area (Å²) in [5.41, 5.74) is 2.58. The third kappa shape index (κ3) is 5.51. The predicted molar refractivity (Wildman–Crippen MR) is 123 cm³/mol. The Balaban J connectivity index is 1.54. The van der Waals surface area contributed by atoms with Crippen LogP contribution in [0, 0.1) is 18.3 Å². The number of hydrogen-bond acceptors (Lipinski definition) is 4. The van der Waals surface area contributed by atoms with Gasteiger partial charge in [-0.25, -0.2) is 0 Å². The second kappa shape index (κ2) is 9.23. The number of aromatic amines is 1. The van der Waals surface area contributed by atoms with Crippen molar-refractivity contribution in [3.8, 4) is 0 Å². The van der Waals surface area contributed by atoms with Crippen molar-refractivity contribution in [3.05, 3.63) is 92.8 Å². The number of hydrogen-bond donors (Lipinski definition) is 4. The van der Waals surface area contributed by atoms with Gasteiger partial charge in [-0.1, -0.05) is 24.3 Å². The molecule has 0 unspecified atom stereocenters. The summed E-state index contributed by atoms with van der Waals surface area (Å²) in [6.07, 6.45) is -2.50. The first-order valence-electron chi connectivity index (χ1n) is 10.8. The predicted octanol–water partition coefficient (Wildman–Crippen LogP) is 5.51. The van der Waals surface area contributed by atoms with Gasteiger partial charge >= 0.3 is 6.18 Å². The lowest BCUT2D eigenvalue weighted by Gasteiger charge is -2.15. The van der Waals surface area contributed by atoms with Crippen molar-refractivity contribution >= 4 is 17.2 Å². The van der Waals surface area contributed by atoms with Crippen LogP contribution in [0.5, 0.6) is 0 Å². The summed E-state index contributed by atoms with van der Waals surface area (Å²) in [4.78, 5) is 15.6. The van der Waals surface area contributed by atoms with E-state index in [2.05, 4.69) is 15.6 Å². The molecule has 172 valence electrons. The molecule has 0 atom stereocenters. The Morgan fingerprint density at radius 1 is 1.06 bits per heavy atom. The van der Waals surface area contributed by atoms with Crippen LogP contribution in [0.1, 0.15) is 40.7 Å². The monoisotopic (exact) mass is 454 g/mol. The Labute approximate surface area is 189 Å². The Morgan fingerprint density at radius 2 is 1.76 bits per heavy atom. The lowest BCUT2D eigenvalue weighted by atomic mass is 10.0. The highest BCUT2D eigenvalue weighted by Gasteiger charge is 2.31. The quantitative estimate of drug-likeness (QED) is 0.339. The number of halogens is 3. The van der Waals surface area contributed by atoms with E-state index >= 15 is 0 Å². The summed E-state index contributed by atoms with van der Waals surface area (Å²) in [6.45, 7) is 2.11. The highest BCUT2D eigenvalue weighted by atomic mass is 19.4. The zero-order valence-electron chi connectivity index (χ0n) is 18.1. The molecule has 1 heterocycles. The van der Waals surface area contributed by atoms with Crippen molar-refractivity contribution in [2.45, 2.75) is 39.0 Å². The maximum absolute atomic E-state index is 13.0. The van der Waals surface area contributed by atoms with Crippen LogP contribution < -0.4 is 16.2 Å². The molecule has 0 aliphatic heterocycles. The molecule has 4 N–H and O–H groups in total. The minimum Gasteiger partial charge on any atom is -0.341 e. The summed E-state index contributed by atoms with van der Waals surface area (Å²) >= 11 is 0. The Morgan fingerprint density at radius 3 is 2.42 bits per heavy atom. The average molecular weight is 454 g/mol. The second-order valence-electron chi connectivity index (χ2n) is 8.33. The van der Waals surface area contributed by atoms with Gasteiger partial charge in [-0.2, -0.15) is 13.2 Å². The van der Waals surface area contributed by atoms with Gasteiger partial charge in [0.2, 0.25) is 0 Å². The van der Waals surface area contributed by atoms with Crippen molar-refractivity contribution in [2.75, 3.05) is 5.32 Å². The molecule has 0 radical (unpaired) electrons. The first-order valence-corrected chi connectivity index (χ1v) is 10.8. The standard InChI is InChI=1S/C25H25F3N4O/c1-15-7-10-19(25(26,27)28)11-17(15)13-30-14-18-12-21(22(29)16-8-9-16)23(32-24(18)33)31-20-5-3-2-4-6-20/h2-7,10-12,16,29-30H,8-9,13-14H2,1H3,(H2,31,32,33). The number of benzene rings is 2. The number of H-pyrrole nitrogens is 1. The fourth-order valence-corrected chi connectivity index (χ4v) is 3.64. The molecule has 1 aromatic heterocycles. The van der Waals surface area contributed by atoms with Gasteiger partial charge in [-0.3, -0.25) is 4.79 Å². The molecule has 3 aromatic rings. The number of aryl methyl sites for hydroxylation is 1. The van der Waals surface area contributed by atoms with Crippen molar-refractivity contribution in [2.24, 2.45) is 5.92 Å². The van der Waals surface area contributed by atoms with E-state index in [1.165, 1.54) is 6.07 Å². The summed E-state index contributed by atoms with van der Waals surface area (Å²) in [7, 11) is 0. The molecule has 0 spiro atoms. The summed E-state index contributed by atoms with van der Waals surface area (Å²) in [6, 6.07) is 14.7. The summed E-state index contributed by atoms with van der Waals surface area (Å²) in [5, 5.41) is 14.8. The smallest absolute Gasteiger partial charge is 0.341 e. The van der Waals surface area contributed by atoms with Gasteiger partial charge in [-0.05, 0) is 61.2 Å². The molecule has 4 rings (SSSR count). The van der Waals surface area contributed by atoms with Crippen LogP contribution in [0.2, 0.25) is 0 Å². The highest BCUT2D eigenvalue weighted by Crippen LogP contribution is 2.35. The Kier molecular flexibility index (Phi) is 6.37. The number of rotatable bonds is 8. The van der Waals surface area contributed by atoms with E-state index in [9.17, 15) is 18.0 Å². The molecule has 8 heteroatoms. The fraction of sp³-hybridized carbons (Fsp3) is 0.280. The molecule has 2 aromatic carbocycles. The highest BCUT2D eigenvalue weighted by molar-refractivity contribution is 6.05. The van der Waals surface area contributed by atoms with Crippen molar-refractivity contribution < 1.29 is 13.2 Å². The number of anilines is 2. The largest absolute Gasteiger partial charge is 0.416 e. The van der Waals surface area contributed by atoms with E-state index in [1.807, 2.05) is 30.3 Å². The lowest BCUT2D eigenvalue weighted by Crippen LogP contribution is -2.24. The van der Waals surface area contributed by atoms with Crippen LogP contribution in [0.15, 0.2) is 59.4 Å². The SMILES string of the molecule is Cc1ccc(C(F)(F)F)cc1CNCc1cc(C(=N)C2CC2)c(Nc2ccccc2)[nH]c1=O. The third-order valence-electron chi connectivity index (χ3n) is 5.74. The van der Waals surface area contributed by atoms with Crippen molar-refractivity contribution in [1.82, 2.24) is 10.3 Å². The van der Waals surface area contributed by atoms with E-state index in [4.69, 9.17) is 5.41 Å². The Hall–Kier alpha value is -3.39. The third-order valence-corrected chi connectivity index (χ3v) is 5.74. The maximum atomic E-state index is 13.0. The normalized spacial score (nSPS) is 13.7. The lowest BCUT2D eigenvalue weighted by molar-refractivity contribution is -0.137. The minimum atomic E-state index is -4.40. The van der Waals surface area contributed by atoms with Crippen LogP contribution in [0.3, 0.4) is 0 Å². The molecule has 0 saturated heterocycles. The molecular weight excluding hydrogens is 429 g/mol. The number of aromatic nitrogens is 1. The van der Waals surface area contributed by atoms with Gasteiger partial charge in [0.25, 0.3) is 5.56 Å². The van der Waals surface area contributed by atoms with Gasteiger partial charge in [0, 0.05) is 41.5 Å². The maximum Gasteiger partial charge on any atom is 0.416 e. The van der Waals surface area contributed by atoms with Gasteiger partial charge in [-0.15, -0.1) is 0 Å². The molecule has 1 fully saturated rings. The van der Waals surface area contributed by atoms with Crippen molar-refractivity contribution in [1.29, 1.82) is 5.41 Å². The number of alkyl halides is 3. The number of nitrogens with one attached hydrogen (secondary N) is 4. The molecular formula is C25H25F3N4O. The molecule has 33 heavy (non-hydrogen) atoms. The molecule has 1 aliphatic rings. The molecule has 1 saturated carbocycles. The second-order valence-corrected chi connectivity index (χ2v) is 8.33. The van der Waals surface area contributed by atoms with Gasteiger partial charge in [0.15, 0.2) is 0 Å². The summed E-state index contributed by atoms with van der Waals surface area (Å²) < 4.78 is 39.1. The summed E-state index contributed by atoms with van der Waals surface area (Å²) in [5.74, 6) is 0.654. The molecule has 0 bridgehead atoms. The minimum absolute atomic E-state index is 0.168. The number of para-hydroxylation sites is 1. The van der Waals surface area contributed by atoms with E-state index in [0.717, 1.165) is 36.2 Å². The van der Waals surface area contributed by atoms with E-state index in [-0.39, 0.29) is 24.6 Å². The van der Waals surface area contributed by atoms with Gasteiger partial charge in [0.1, 0.15) is 5.82 Å². The zero-order valence-corrected chi connectivity index (χ0v) is 18.1.